The molecule has 1 heterocycles. The molecule has 1 aromatic rings. The van der Waals surface area contributed by atoms with Crippen LogP contribution >= 0.6 is 11.8 Å². The van der Waals surface area contributed by atoms with E-state index >= 15 is 0 Å². The molecular formula is C7H9N3OS. The molecule has 1 aromatic heterocycles. The van der Waals surface area contributed by atoms with Crippen LogP contribution in [-0.2, 0) is 0 Å². The highest BCUT2D eigenvalue weighted by Gasteiger charge is 2.05. The third-order valence-corrected chi connectivity index (χ3v) is 2.11. The monoisotopic (exact) mass is 183 g/mol. The molecule has 0 unspecified atom stereocenters. The number of rotatable bonds is 2. The number of hydrogen-bond donors (Lipinski definition) is 2. The van der Waals surface area contributed by atoms with E-state index in [9.17, 15) is 0 Å². The molecule has 0 amide bonds. The Balaban J connectivity index is 3.13. The van der Waals surface area contributed by atoms with Gasteiger partial charge in [-0.3, -0.25) is 4.98 Å². The lowest BCUT2D eigenvalue weighted by Crippen LogP contribution is -2.15. The average Bonchev–Trinajstić information content (AvgIpc) is 2.16. The van der Waals surface area contributed by atoms with Gasteiger partial charge in [0.1, 0.15) is 5.69 Å². The van der Waals surface area contributed by atoms with Crippen molar-refractivity contribution in [3.63, 3.8) is 0 Å². The van der Waals surface area contributed by atoms with Gasteiger partial charge in [-0.25, -0.2) is 0 Å². The lowest BCUT2D eigenvalue weighted by molar-refractivity contribution is 0.318. The molecule has 0 saturated carbocycles. The standard InChI is InChI=1S/C7H9N3OS/c1-12-5-3-2-4-9-6(5)7(8)10-11/h2-4,11H,1H3,(H2,8,10). The zero-order chi connectivity index (χ0) is 8.97. The van der Waals surface area contributed by atoms with Crippen molar-refractivity contribution in [3.05, 3.63) is 24.0 Å². The summed E-state index contributed by atoms with van der Waals surface area (Å²) >= 11 is 1.50. The quantitative estimate of drug-likeness (QED) is 0.235. The topological polar surface area (TPSA) is 71.5 Å². The summed E-state index contributed by atoms with van der Waals surface area (Å²) in [5.41, 5.74) is 5.92. The maximum absolute atomic E-state index is 8.42. The largest absolute Gasteiger partial charge is 0.409 e. The number of amidine groups is 1. The molecular weight excluding hydrogens is 174 g/mol. The van der Waals surface area contributed by atoms with E-state index in [1.165, 1.54) is 11.8 Å². The fourth-order valence-corrected chi connectivity index (χ4v) is 1.36. The Bertz CT molecular complexity index is 300. The molecule has 0 aromatic carbocycles. The molecule has 1 rings (SSSR count). The van der Waals surface area contributed by atoms with Crippen molar-refractivity contribution in [2.45, 2.75) is 4.90 Å². The summed E-state index contributed by atoms with van der Waals surface area (Å²) in [5, 5.41) is 11.3. The van der Waals surface area contributed by atoms with E-state index in [1.807, 2.05) is 12.3 Å². The van der Waals surface area contributed by atoms with Crippen LogP contribution in [0.1, 0.15) is 5.69 Å². The molecule has 12 heavy (non-hydrogen) atoms. The Morgan fingerprint density at radius 3 is 3.08 bits per heavy atom. The number of aromatic nitrogens is 1. The van der Waals surface area contributed by atoms with Gasteiger partial charge < -0.3 is 10.9 Å². The normalized spacial score (nSPS) is 11.6. The van der Waals surface area contributed by atoms with E-state index in [0.717, 1.165) is 4.90 Å². The van der Waals surface area contributed by atoms with Crippen LogP contribution in [0.25, 0.3) is 0 Å². The minimum absolute atomic E-state index is 0.0416. The SMILES string of the molecule is CSc1cccnc1/C(N)=N/O. The van der Waals surface area contributed by atoms with Gasteiger partial charge >= 0.3 is 0 Å². The third-order valence-electron chi connectivity index (χ3n) is 1.34. The van der Waals surface area contributed by atoms with Gasteiger partial charge in [0.25, 0.3) is 0 Å². The second-order valence-electron chi connectivity index (χ2n) is 2.04. The van der Waals surface area contributed by atoms with Crippen molar-refractivity contribution in [3.8, 4) is 0 Å². The highest BCUT2D eigenvalue weighted by molar-refractivity contribution is 7.98. The lowest BCUT2D eigenvalue weighted by Gasteiger charge is -2.02. The zero-order valence-corrected chi connectivity index (χ0v) is 7.38. The molecule has 0 aliphatic carbocycles. The first-order valence-electron chi connectivity index (χ1n) is 3.26. The van der Waals surface area contributed by atoms with E-state index in [1.54, 1.807) is 12.3 Å². The van der Waals surface area contributed by atoms with Crippen molar-refractivity contribution < 1.29 is 5.21 Å². The number of hydrogen-bond acceptors (Lipinski definition) is 4. The van der Waals surface area contributed by atoms with Gasteiger partial charge in [-0.1, -0.05) is 5.16 Å². The summed E-state index contributed by atoms with van der Waals surface area (Å²) in [5.74, 6) is 0.0416. The van der Waals surface area contributed by atoms with E-state index in [2.05, 4.69) is 10.1 Å². The molecule has 3 N–H and O–H groups in total. The molecule has 0 fully saturated rings. The molecule has 0 spiro atoms. The number of nitrogens with zero attached hydrogens (tertiary/aromatic N) is 2. The third kappa shape index (κ3) is 1.68. The summed E-state index contributed by atoms with van der Waals surface area (Å²) < 4.78 is 0. The Labute approximate surface area is 74.5 Å². The maximum atomic E-state index is 8.42. The van der Waals surface area contributed by atoms with Crippen molar-refractivity contribution in [2.24, 2.45) is 10.9 Å². The maximum Gasteiger partial charge on any atom is 0.189 e. The first-order chi connectivity index (χ1) is 5.79. The number of nitrogens with two attached hydrogens (primary N) is 1. The van der Waals surface area contributed by atoms with Crippen LogP contribution in [0.4, 0.5) is 0 Å². The van der Waals surface area contributed by atoms with Gasteiger partial charge in [-0.05, 0) is 18.4 Å². The summed E-state index contributed by atoms with van der Waals surface area (Å²) in [7, 11) is 0. The van der Waals surface area contributed by atoms with E-state index in [4.69, 9.17) is 10.9 Å². The molecule has 0 aliphatic rings. The highest BCUT2D eigenvalue weighted by atomic mass is 32.2. The van der Waals surface area contributed by atoms with Gasteiger partial charge in [0.15, 0.2) is 5.84 Å². The summed E-state index contributed by atoms with van der Waals surface area (Å²) in [6.45, 7) is 0. The summed E-state index contributed by atoms with van der Waals surface area (Å²) in [4.78, 5) is 4.88. The minimum atomic E-state index is 0.0416. The molecule has 0 radical (unpaired) electrons. The Morgan fingerprint density at radius 2 is 2.50 bits per heavy atom. The first-order valence-corrected chi connectivity index (χ1v) is 4.49. The molecule has 0 bridgehead atoms. The number of oxime groups is 1. The smallest absolute Gasteiger partial charge is 0.189 e. The Morgan fingerprint density at radius 1 is 1.75 bits per heavy atom. The fourth-order valence-electron chi connectivity index (χ4n) is 0.795. The summed E-state index contributed by atoms with van der Waals surface area (Å²) in [6.07, 6.45) is 3.51. The van der Waals surface area contributed by atoms with Crippen molar-refractivity contribution in [1.29, 1.82) is 0 Å². The second-order valence-corrected chi connectivity index (χ2v) is 2.89. The lowest BCUT2D eigenvalue weighted by atomic mass is 10.3. The predicted molar refractivity (Wildman–Crippen MR) is 48.5 cm³/mol. The van der Waals surface area contributed by atoms with E-state index in [-0.39, 0.29) is 5.84 Å². The first kappa shape index (κ1) is 8.86. The van der Waals surface area contributed by atoms with Gasteiger partial charge in [0.05, 0.1) is 0 Å². The molecule has 0 aliphatic heterocycles. The number of pyridine rings is 1. The number of thioether (sulfide) groups is 1. The highest BCUT2D eigenvalue weighted by Crippen LogP contribution is 2.16. The van der Waals surface area contributed by atoms with E-state index in [0.29, 0.717) is 5.69 Å². The van der Waals surface area contributed by atoms with Crippen LogP contribution in [0.15, 0.2) is 28.4 Å². The molecule has 0 saturated heterocycles. The van der Waals surface area contributed by atoms with Crippen LogP contribution in [0, 0.1) is 0 Å². The van der Waals surface area contributed by atoms with E-state index < -0.39 is 0 Å². The van der Waals surface area contributed by atoms with Crippen molar-refractivity contribution in [1.82, 2.24) is 4.98 Å². The molecule has 0 atom stereocenters. The van der Waals surface area contributed by atoms with Crippen LogP contribution in [0.3, 0.4) is 0 Å². The molecule has 4 nitrogen and oxygen atoms in total. The Hall–Kier alpha value is -1.23. The molecule has 5 heteroatoms. The fraction of sp³-hybridized carbons (Fsp3) is 0.143. The van der Waals surface area contributed by atoms with Crippen LogP contribution in [0.2, 0.25) is 0 Å². The van der Waals surface area contributed by atoms with Gasteiger partial charge in [0, 0.05) is 11.1 Å². The van der Waals surface area contributed by atoms with Gasteiger partial charge in [-0.15, -0.1) is 11.8 Å². The van der Waals surface area contributed by atoms with Crippen LogP contribution in [-0.4, -0.2) is 22.3 Å². The van der Waals surface area contributed by atoms with Gasteiger partial charge in [0.2, 0.25) is 0 Å². The van der Waals surface area contributed by atoms with Crippen molar-refractivity contribution >= 4 is 17.6 Å². The average molecular weight is 183 g/mol. The minimum Gasteiger partial charge on any atom is -0.409 e. The Kier molecular flexibility index (Phi) is 2.93. The zero-order valence-electron chi connectivity index (χ0n) is 6.56. The van der Waals surface area contributed by atoms with Crippen LogP contribution < -0.4 is 5.73 Å². The predicted octanol–water partition coefficient (Wildman–Crippen LogP) is 0.898. The van der Waals surface area contributed by atoms with Crippen LogP contribution in [0.5, 0.6) is 0 Å². The van der Waals surface area contributed by atoms with Gasteiger partial charge in [-0.2, -0.15) is 0 Å². The summed E-state index contributed by atoms with van der Waals surface area (Å²) in [6, 6.07) is 3.67. The van der Waals surface area contributed by atoms with Crippen molar-refractivity contribution in [2.75, 3.05) is 6.26 Å². The molecule has 64 valence electrons. The second kappa shape index (κ2) is 3.96.